The number of rotatable bonds is 2. The van der Waals surface area contributed by atoms with Crippen LogP contribution in [0.5, 0.6) is 0 Å². The molecule has 6 nitrogen and oxygen atoms in total. The van der Waals surface area contributed by atoms with Gasteiger partial charge in [-0.05, 0) is 12.8 Å². The first-order chi connectivity index (χ1) is 9.05. The summed E-state index contributed by atoms with van der Waals surface area (Å²) in [7, 11) is -3.10. The molecule has 2 unspecified atom stereocenters. The number of aliphatic hydroxyl groups is 1. The Bertz CT molecular complexity index is 570. The van der Waals surface area contributed by atoms with Gasteiger partial charge in [0.2, 0.25) is 0 Å². The molecule has 0 spiro atoms. The van der Waals surface area contributed by atoms with Gasteiger partial charge in [-0.15, -0.1) is 10.2 Å². The van der Waals surface area contributed by atoms with Crippen molar-refractivity contribution in [3.63, 3.8) is 0 Å². The van der Waals surface area contributed by atoms with E-state index in [-0.39, 0.29) is 16.8 Å². The van der Waals surface area contributed by atoms with Crippen LogP contribution in [-0.4, -0.2) is 51.1 Å². The number of thioether (sulfide) groups is 1. The number of sulfone groups is 1. The van der Waals surface area contributed by atoms with Crippen molar-refractivity contribution in [2.24, 2.45) is 0 Å². The fourth-order valence-corrected chi connectivity index (χ4v) is 6.15. The molecular weight excluding hydrogens is 286 g/mol. The maximum atomic E-state index is 11.5. The highest BCUT2D eigenvalue weighted by Gasteiger charge is 2.38. The van der Waals surface area contributed by atoms with Gasteiger partial charge in [0.1, 0.15) is 5.82 Å². The molecule has 106 valence electrons. The van der Waals surface area contributed by atoms with Crippen LogP contribution in [0.3, 0.4) is 0 Å². The standard InChI is InChI=1S/C11H17N3O3S2/c15-8-6-19(16,17)7-9(8)18-11-13-12-10-4-2-1-3-5-14(10)11/h8-9,15H,1-7H2. The van der Waals surface area contributed by atoms with Crippen molar-refractivity contribution in [1.82, 2.24) is 14.8 Å². The summed E-state index contributed by atoms with van der Waals surface area (Å²) in [6.45, 7) is 0.889. The molecule has 1 aromatic rings. The van der Waals surface area contributed by atoms with Crippen molar-refractivity contribution in [3.05, 3.63) is 5.82 Å². The number of hydrogen-bond acceptors (Lipinski definition) is 6. The molecule has 0 radical (unpaired) electrons. The van der Waals surface area contributed by atoms with Crippen molar-refractivity contribution in [3.8, 4) is 0 Å². The number of fused-ring (bicyclic) bond motifs is 1. The molecule has 0 aliphatic carbocycles. The van der Waals surface area contributed by atoms with Crippen LogP contribution >= 0.6 is 11.8 Å². The second-order valence-corrected chi connectivity index (χ2v) is 8.52. The number of aromatic nitrogens is 3. The zero-order chi connectivity index (χ0) is 13.5. The van der Waals surface area contributed by atoms with Gasteiger partial charge < -0.3 is 9.67 Å². The van der Waals surface area contributed by atoms with Gasteiger partial charge in [-0.25, -0.2) is 8.42 Å². The third-order valence-electron chi connectivity index (χ3n) is 3.60. The third kappa shape index (κ3) is 2.80. The van der Waals surface area contributed by atoms with Crippen LogP contribution < -0.4 is 0 Å². The monoisotopic (exact) mass is 303 g/mol. The van der Waals surface area contributed by atoms with Crippen LogP contribution in [0.1, 0.15) is 25.1 Å². The smallest absolute Gasteiger partial charge is 0.191 e. The molecule has 19 heavy (non-hydrogen) atoms. The van der Waals surface area contributed by atoms with Crippen molar-refractivity contribution < 1.29 is 13.5 Å². The molecule has 1 saturated heterocycles. The van der Waals surface area contributed by atoms with E-state index in [4.69, 9.17) is 0 Å². The maximum Gasteiger partial charge on any atom is 0.191 e. The zero-order valence-corrected chi connectivity index (χ0v) is 12.2. The topological polar surface area (TPSA) is 85.1 Å². The van der Waals surface area contributed by atoms with Gasteiger partial charge in [0.05, 0.1) is 22.9 Å². The summed E-state index contributed by atoms with van der Waals surface area (Å²) in [6.07, 6.45) is 3.55. The molecule has 3 rings (SSSR count). The number of aliphatic hydroxyl groups excluding tert-OH is 1. The lowest BCUT2D eigenvalue weighted by Gasteiger charge is -2.12. The lowest BCUT2D eigenvalue weighted by atomic mass is 10.2. The lowest BCUT2D eigenvalue weighted by molar-refractivity contribution is 0.207. The molecule has 1 fully saturated rings. The van der Waals surface area contributed by atoms with Crippen LogP contribution in [0.4, 0.5) is 0 Å². The van der Waals surface area contributed by atoms with E-state index in [0.29, 0.717) is 0 Å². The van der Waals surface area contributed by atoms with E-state index < -0.39 is 15.9 Å². The quantitative estimate of drug-likeness (QED) is 0.843. The Hall–Kier alpha value is -0.600. The molecule has 8 heteroatoms. The summed E-state index contributed by atoms with van der Waals surface area (Å²) in [5.74, 6) is 0.877. The number of hydrogen-bond donors (Lipinski definition) is 1. The van der Waals surface area contributed by atoms with Gasteiger partial charge >= 0.3 is 0 Å². The summed E-state index contributed by atoms with van der Waals surface area (Å²) in [5, 5.41) is 18.6. The molecule has 2 aliphatic rings. The van der Waals surface area contributed by atoms with E-state index in [9.17, 15) is 13.5 Å². The molecule has 1 N–H and O–H groups in total. The van der Waals surface area contributed by atoms with Crippen LogP contribution in [0, 0.1) is 0 Å². The minimum Gasteiger partial charge on any atom is -0.391 e. The summed E-state index contributed by atoms with van der Waals surface area (Å²) in [5.41, 5.74) is 0. The molecule has 3 heterocycles. The SMILES string of the molecule is O=S1(=O)CC(O)C(Sc2nnc3n2CCCCC3)C1. The van der Waals surface area contributed by atoms with Gasteiger partial charge in [-0.1, -0.05) is 18.2 Å². The lowest BCUT2D eigenvalue weighted by Crippen LogP contribution is -2.20. The van der Waals surface area contributed by atoms with E-state index in [1.165, 1.54) is 18.2 Å². The van der Waals surface area contributed by atoms with E-state index >= 15 is 0 Å². The number of aryl methyl sites for hydroxylation is 1. The molecule has 2 atom stereocenters. The Morgan fingerprint density at radius 3 is 2.79 bits per heavy atom. The maximum absolute atomic E-state index is 11.5. The minimum atomic E-state index is -3.10. The third-order valence-corrected chi connectivity index (χ3v) is 6.83. The Morgan fingerprint density at radius 1 is 1.21 bits per heavy atom. The fourth-order valence-electron chi connectivity index (χ4n) is 2.59. The average Bonchev–Trinajstić information content (AvgIpc) is 2.71. The van der Waals surface area contributed by atoms with Crippen molar-refractivity contribution in [1.29, 1.82) is 0 Å². The van der Waals surface area contributed by atoms with Crippen molar-refractivity contribution in [2.45, 2.75) is 48.7 Å². The molecular formula is C11H17N3O3S2. The van der Waals surface area contributed by atoms with E-state index in [2.05, 4.69) is 14.8 Å². The highest BCUT2D eigenvalue weighted by Crippen LogP contribution is 2.31. The molecule has 0 amide bonds. The predicted octanol–water partition coefficient (Wildman–Crippen LogP) is 0.254. The van der Waals surface area contributed by atoms with E-state index in [0.717, 1.165) is 36.8 Å². The van der Waals surface area contributed by atoms with Crippen LogP contribution in [0.2, 0.25) is 0 Å². The summed E-state index contributed by atoms with van der Waals surface area (Å²) < 4.78 is 25.1. The minimum absolute atomic E-state index is 0.0288. The van der Waals surface area contributed by atoms with Crippen molar-refractivity contribution >= 4 is 21.6 Å². The Kier molecular flexibility index (Phi) is 3.57. The predicted molar refractivity (Wildman–Crippen MR) is 71.9 cm³/mol. The fraction of sp³-hybridized carbons (Fsp3) is 0.818. The average molecular weight is 303 g/mol. The molecule has 1 aromatic heterocycles. The second-order valence-electron chi connectivity index (χ2n) is 5.16. The van der Waals surface area contributed by atoms with Crippen LogP contribution in [-0.2, 0) is 22.8 Å². The molecule has 0 aromatic carbocycles. The molecule has 0 bridgehead atoms. The molecule has 0 saturated carbocycles. The highest BCUT2D eigenvalue weighted by molar-refractivity contribution is 8.01. The molecule has 2 aliphatic heterocycles. The summed E-state index contributed by atoms with van der Waals surface area (Å²) in [6, 6.07) is 0. The Morgan fingerprint density at radius 2 is 2.05 bits per heavy atom. The van der Waals surface area contributed by atoms with Crippen molar-refractivity contribution in [2.75, 3.05) is 11.5 Å². The first-order valence-electron chi connectivity index (χ1n) is 6.52. The van der Waals surface area contributed by atoms with Gasteiger partial charge in [0.25, 0.3) is 0 Å². The second kappa shape index (κ2) is 5.06. The van der Waals surface area contributed by atoms with Gasteiger partial charge in [0, 0.05) is 13.0 Å². The first-order valence-corrected chi connectivity index (χ1v) is 9.22. The highest BCUT2D eigenvalue weighted by atomic mass is 32.2. The first kappa shape index (κ1) is 13.4. The Balaban J connectivity index is 1.79. The largest absolute Gasteiger partial charge is 0.391 e. The summed E-state index contributed by atoms with van der Waals surface area (Å²) >= 11 is 1.35. The zero-order valence-electron chi connectivity index (χ0n) is 10.5. The number of nitrogens with zero attached hydrogens (tertiary/aromatic N) is 3. The van der Waals surface area contributed by atoms with E-state index in [1.807, 2.05) is 0 Å². The Labute approximate surface area is 116 Å². The van der Waals surface area contributed by atoms with E-state index in [1.54, 1.807) is 0 Å². The van der Waals surface area contributed by atoms with Crippen LogP contribution in [0.15, 0.2) is 5.16 Å². The van der Waals surface area contributed by atoms with Crippen LogP contribution in [0.25, 0.3) is 0 Å². The van der Waals surface area contributed by atoms with Gasteiger partial charge in [-0.2, -0.15) is 0 Å². The van der Waals surface area contributed by atoms with Gasteiger partial charge in [-0.3, -0.25) is 0 Å². The normalized spacial score (nSPS) is 29.9. The summed E-state index contributed by atoms with van der Waals surface area (Å²) in [4.78, 5) is 0. The van der Waals surface area contributed by atoms with Gasteiger partial charge in [0.15, 0.2) is 15.0 Å².